The van der Waals surface area contributed by atoms with Crippen LogP contribution in [0.3, 0.4) is 0 Å². The molecule has 0 unspecified atom stereocenters. The minimum absolute atomic E-state index is 0.0926. The standard InChI is InChI=1S/C5H10N2O.C2HF3O2/c6-5(8)4-1-2-7-3-4;3-2(4,5)1(6)7/h4,7H,1-3H2,(H2,6,8);(H,6,7)/t4-;/m1./s1. The summed E-state index contributed by atoms with van der Waals surface area (Å²) in [5.74, 6) is -2.84. The molecule has 0 aromatic carbocycles. The largest absolute Gasteiger partial charge is 0.490 e. The second kappa shape index (κ2) is 5.54. The number of carbonyl (C=O) groups is 2. The minimum atomic E-state index is -5.08. The average Bonchev–Trinajstić information content (AvgIpc) is 2.54. The van der Waals surface area contributed by atoms with Gasteiger partial charge in [0.2, 0.25) is 5.91 Å². The maximum atomic E-state index is 10.6. The van der Waals surface area contributed by atoms with Crippen molar-refractivity contribution < 1.29 is 27.9 Å². The Hall–Kier alpha value is -1.31. The highest BCUT2D eigenvalue weighted by molar-refractivity contribution is 5.77. The molecule has 0 saturated carbocycles. The molecule has 1 heterocycles. The van der Waals surface area contributed by atoms with E-state index in [1.54, 1.807) is 0 Å². The third kappa shape index (κ3) is 5.89. The lowest BCUT2D eigenvalue weighted by atomic mass is 10.1. The maximum absolute atomic E-state index is 10.6. The van der Waals surface area contributed by atoms with Gasteiger partial charge in [-0.2, -0.15) is 13.2 Å². The van der Waals surface area contributed by atoms with Gasteiger partial charge in [-0.05, 0) is 13.0 Å². The SMILES string of the molecule is NC(=O)[C@@H]1CCNC1.O=C(O)C(F)(F)F. The molecule has 1 fully saturated rings. The maximum Gasteiger partial charge on any atom is 0.490 e. The second-order valence-electron chi connectivity index (χ2n) is 2.90. The summed E-state index contributed by atoms with van der Waals surface area (Å²) >= 11 is 0. The van der Waals surface area contributed by atoms with Crippen molar-refractivity contribution in [3.63, 3.8) is 0 Å². The summed E-state index contributed by atoms with van der Waals surface area (Å²) in [7, 11) is 0. The Labute approximate surface area is 83.4 Å². The molecule has 0 spiro atoms. The molecule has 1 atom stereocenters. The lowest BCUT2D eigenvalue weighted by Crippen LogP contribution is -2.24. The zero-order chi connectivity index (χ0) is 12.1. The highest BCUT2D eigenvalue weighted by Gasteiger charge is 2.38. The van der Waals surface area contributed by atoms with Gasteiger partial charge < -0.3 is 16.2 Å². The zero-order valence-corrected chi connectivity index (χ0v) is 7.67. The zero-order valence-electron chi connectivity index (χ0n) is 7.67. The van der Waals surface area contributed by atoms with E-state index in [0.29, 0.717) is 0 Å². The van der Waals surface area contributed by atoms with Crippen LogP contribution >= 0.6 is 0 Å². The van der Waals surface area contributed by atoms with Gasteiger partial charge in [0.1, 0.15) is 0 Å². The van der Waals surface area contributed by atoms with Gasteiger partial charge in [0.25, 0.3) is 0 Å². The normalized spacial score (nSPS) is 20.3. The van der Waals surface area contributed by atoms with Crippen LogP contribution in [0.5, 0.6) is 0 Å². The molecule has 15 heavy (non-hydrogen) atoms. The number of carboxylic acid groups (broad SMARTS) is 1. The molecule has 1 aliphatic heterocycles. The molecule has 8 heteroatoms. The van der Waals surface area contributed by atoms with Crippen LogP contribution in [0.1, 0.15) is 6.42 Å². The predicted octanol–water partition coefficient (Wildman–Crippen LogP) is -0.286. The quantitative estimate of drug-likeness (QED) is 0.575. The summed E-state index contributed by atoms with van der Waals surface area (Å²) in [4.78, 5) is 19.3. The van der Waals surface area contributed by atoms with Gasteiger partial charge in [0.15, 0.2) is 0 Å². The third-order valence-corrected chi connectivity index (χ3v) is 1.71. The monoisotopic (exact) mass is 228 g/mol. The van der Waals surface area contributed by atoms with Crippen LogP contribution in [0, 0.1) is 5.92 Å². The Morgan fingerprint density at radius 3 is 2.00 bits per heavy atom. The van der Waals surface area contributed by atoms with Crippen molar-refractivity contribution in [2.45, 2.75) is 12.6 Å². The van der Waals surface area contributed by atoms with E-state index >= 15 is 0 Å². The Balaban J connectivity index is 0.000000265. The number of aliphatic carboxylic acids is 1. The van der Waals surface area contributed by atoms with Crippen molar-refractivity contribution in [2.24, 2.45) is 11.7 Å². The summed E-state index contributed by atoms with van der Waals surface area (Å²) in [5, 5.41) is 10.2. The molecule has 1 aliphatic rings. The number of hydrogen-bond donors (Lipinski definition) is 3. The van der Waals surface area contributed by atoms with Crippen molar-refractivity contribution in [3.8, 4) is 0 Å². The van der Waals surface area contributed by atoms with E-state index in [1.165, 1.54) is 0 Å². The second-order valence-corrected chi connectivity index (χ2v) is 2.90. The Morgan fingerprint density at radius 2 is 1.87 bits per heavy atom. The first-order valence-electron chi connectivity index (χ1n) is 4.05. The van der Waals surface area contributed by atoms with Crippen LogP contribution in [0.15, 0.2) is 0 Å². The Kier molecular flexibility index (Phi) is 5.06. The van der Waals surface area contributed by atoms with E-state index in [9.17, 15) is 18.0 Å². The summed E-state index contributed by atoms with van der Waals surface area (Å²) in [6, 6.07) is 0. The van der Waals surface area contributed by atoms with E-state index < -0.39 is 12.1 Å². The molecular formula is C7H11F3N2O3. The van der Waals surface area contributed by atoms with Crippen LogP contribution in [0.4, 0.5) is 13.2 Å². The van der Waals surface area contributed by atoms with E-state index in [-0.39, 0.29) is 11.8 Å². The van der Waals surface area contributed by atoms with Crippen LogP contribution < -0.4 is 11.1 Å². The number of hydrogen-bond acceptors (Lipinski definition) is 3. The van der Waals surface area contributed by atoms with Crippen LogP contribution in [-0.4, -0.2) is 36.2 Å². The van der Waals surface area contributed by atoms with E-state index in [1.807, 2.05) is 0 Å². The molecule has 0 aliphatic carbocycles. The topological polar surface area (TPSA) is 92.4 Å². The smallest absolute Gasteiger partial charge is 0.475 e. The molecule has 4 N–H and O–H groups in total. The predicted molar refractivity (Wildman–Crippen MR) is 43.9 cm³/mol. The molecule has 88 valence electrons. The first-order chi connectivity index (χ1) is 6.75. The van der Waals surface area contributed by atoms with Gasteiger partial charge >= 0.3 is 12.1 Å². The Morgan fingerprint density at radius 1 is 1.40 bits per heavy atom. The van der Waals surface area contributed by atoms with Gasteiger partial charge in [-0.1, -0.05) is 0 Å². The highest BCUT2D eigenvalue weighted by atomic mass is 19.4. The third-order valence-electron chi connectivity index (χ3n) is 1.71. The molecule has 5 nitrogen and oxygen atoms in total. The first kappa shape index (κ1) is 13.7. The van der Waals surface area contributed by atoms with Gasteiger partial charge in [0, 0.05) is 6.54 Å². The molecular weight excluding hydrogens is 217 g/mol. The number of halogens is 3. The average molecular weight is 228 g/mol. The number of carbonyl (C=O) groups excluding carboxylic acids is 1. The van der Waals surface area contributed by atoms with Gasteiger partial charge in [-0.3, -0.25) is 4.79 Å². The van der Waals surface area contributed by atoms with E-state index in [0.717, 1.165) is 19.5 Å². The highest BCUT2D eigenvalue weighted by Crippen LogP contribution is 2.13. The van der Waals surface area contributed by atoms with E-state index in [2.05, 4.69) is 5.32 Å². The number of carboxylic acids is 1. The number of nitrogens with one attached hydrogen (secondary N) is 1. The summed E-state index contributed by atoms with van der Waals surface area (Å²) in [6.07, 6.45) is -4.17. The number of nitrogens with two attached hydrogens (primary N) is 1. The summed E-state index contributed by atoms with van der Waals surface area (Å²) in [6.45, 7) is 1.71. The van der Waals surface area contributed by atoms with Crippen LogP contribution in [0.25, 0.3) is 0 Å². The van der Waals surface area contributed by atoms with Crippen molar-refractivity contribution in [1.82, 2.24) is 5.32 Å². The Bertz CT molecular complexity index is 236. The molecule has 0 aromatic heterocycles. The number of rotatable bonds is 1. The molecule has 0 bridgehead atoms. The lowest BCUT2D eigenvalue weighted by molar-refractivity contribution is -0.192. The molecule has 1 rings (SSSR count). The summed E-state index contributed by atoms with van der Waals surface area (Å²) in [5.41, 5.74) is 5.02. The number of primary amides is 1. The van der Waals surface area contributed by atoms with Crippen LogP contribution in [-0.2, 0) is 9.59 Å². The fraction of sp³-hybridized carbons (Fsp3) is 0.714. The number of amides is 1. The summed E-state index contributed by atoms with van der Waals surface area (Å²) < 4.78 is 31.7. The van der Waals surface area contributed by atoms with E-state index in [4.69, 9.17) is 15.6 Å². The molecule has 0 radical (unpaired) electrons. The molecule has 1 amide bonds. The van der Waals surface area contributed by atoms with Crippen molar-refractivity contribution in [3.05, 3.63) is 0 Å². The molecule has 1 saturated heterocycles. The fourth-order valence-corrected chi connectivity index (χ4v) is 0.897. The minimum Gasteiger partial charge on any atom is -0.475 e. The lowest BCUT2D eigenvalue weighted by Gasteiger charge is -1.98. The van der Waals surface area contributed by atoms with Crippen LogP contribution in [0.2, 0.25) is 0 Å². The number of alkyl halides is 3. The molecule has 0 aromatic rings. The van der Waals surface area contributed by atoms with Gasteiger partial charge in [-0.15, -0.1) is 0 Å². The van der Waals surface area contributed by atoms with Gasteiger partial charge in [0.05, 0.1) is 5.92 Å². The first-order valence-corrected chi connectivity index (χ1v) is 4.05. The van der Waals surface area contributed by atoms with Gasteiger partial charge in [-0.25, -0.2) is 4.79 Å². The van der Waals surface area contributed by atoms with Crippen molar-refractivity contribution in [1.29, 1.82) is 0 Å². The van der Waals surface area contributed by atoms with Crippen molar-refractivity contribution >= 4 is 11.9 Å². The van der Waals surface area contributed by atoms with Crippen molar-refractivity contribution in [2.75, 3.05) is 13.1 Å². The fourth-order valence-electron chi connectivity index (χ4n) is 0.897.